The van der Waals surface area contributed by atoms with Crippen molar-refractivity contribution in [2.75, 3.05) is 12.3 Å². The largest absolute Gasteiger partial charge is 0.287 e. The number of pyridine rings is 1. The minimum Gasteiger partial charge on any atom is -0.287 e. The van der Waals surface area contributed by atoms with Crippen LogP contribution in [0.3, 0.4) is 0 Å². The Balaban J connectivity index is 1.58. The van der Waals surface area contributed by atoms with Crippen molar-refractivity contribution < 1.29 is 4.79 Å². The SMILES string of the molecule is Cc1ccccc1N=C1SCCN1C(=O)/C=C/c1cccc2cccnc12. The highest BCUT2D eigenvalue weighted by molar-refractivity contribution is 8.14. The molecule has 0 unspecified atom stereocenters. The molecule has 0 bridgehead atoms. The number of carbonyl (C=O) groups is 1. The molecule has 0 N–H and O–H groups in total. The molecular formula is C22H19N3OS. The van der Waals surface area contributed by atoms with E-state index in [0.29, 0.717) is 6.54 Å². The number of hydrogen-bond acceptors (Lipinski definition) is 4. The molecule has 2 aromatic carbocycles. The van der Waals surface area contributed by atoms with Crippen LogP contribution in [-0.2, 0) is 4.79 Å². The van der Waals surface area contributed by atoms with Gasteiger partial charge in [0.05, 0.1) is 11.2 Å². The summed E-state index contributed by atoms with van der Waals surface area (Å²) in [5.74, 6) is 0.806. The molecule has 4 nitrogen and oxygen atoms in total. The van der Waals surface area contributed by atoms with Gasteiger partial charge in [0.25, 0.3) is 5.91 Å². The summed E-state index contributed by atoms with van der Waals surface area (Å²) in [5, 5.41) is 1.82. The van der Waals surface area contributed by atoms with Gasteiger partial charge in [0.2, 0.25) is 0 Å². The third kappa shape index (κ3) is 3.78. The molecule has 0 aliphatic carbocycles. The Morgan fingerprint density at radius 2 is 2.00 bits per heavy atom. The van der Waals surface area contributed by atoms with Gasteiger partial charge in [0, 0.05) is 35.5 Å². The van der Waals surface area contributed by atoms with Crippen molar-refractivity contribution >= 4 is 45.5 Å². The molecule has 134 valence electrons. The number of aryl methyl sites for hydroxylation is 1. The standard InChI is InChI=1S/C22H19N3OS/c1-16-6-2-3-10-19(16)24-22-25(14-15-27-22)20(26)12-11-18-8-4-7-17-9-5-13-23-21(17)18/h2-13H,14-15H2,1H3/b12-11+,24-22?. The van der Waals surface area contributed by atoms with Crippen LogP contribution in [0.25, 0.3) is 17.0 Å². The maximum absolute atomic E-state index is 12.8. The number of carbonyl (C=O) groups excluding carboxylic acids is 1. The highest BCUT2D eigenvalue weighted by Crippen LogP contribution is 2.25. The number of aromatic nitrogens is 1. The summed E-state index contributed by atoms with van der Waals surface area (Å²) in [5.41, 5.74) is 3.84. The summed E-state index contributed by atoms with van der Waals surface area (Å²) in [6.07, 6.45) is 5.22. The summed E-state index contributed by atoms with van der Waals surface area (Å²) < 4.78 is 0. The van der Waals surface area contributed by atoms with Crippen LogP contribution >= 0.6 is 11.8 Å². The Morgan fingerprint density at radius 1 is 1.15 bits per heavy atom. The number of amides is 1. The average molecular weight is 373 g/mol. The highest BCUT2D eigenvalue weighted by Gasteiger charge is 2.24. The van der Waals surface area contributed by atoms with E-state index in [-0.39, 0.29) is 5.91 Å². The van der Waals surface area contributed by atoms with Crippen molar-refractivity contribution in [3.8, 4) is 0 Å². The van der Waals surface area contributed by atoms with Gasteiger partial charge in [-0.2, -0.15) is 0 Å². The zero-order chi connectivity index (χ0) is 18.6. The summed E-state index contributed by atoms with van der Waals surface area (Å²) >= 11 is 1.62. The smallest absolute Gasteiger partial charge is 0.252 e. The van der Waals surface area contributed by atoms with Gasteiger partial charge in [0.15, 0.2) is 5.17 Å². The molecule has 0 radical (unpaired) electrons. The lowest BCUT2D eigenvalue weighted by Crippen LogP contribution is -2.30. The first-order valence-corrected chi connectivity index (χ1v) is 9.81. The molecule has 1 aliphatic heterocycles. The van der Waals surface area contributed by atoms with E-state index in [2.05, 4.69) is 4.98 Å². The van der Waals surface area contributed by atoms with Crippen molar-refractivity contribution in [1.82, 2.24) is 9.88 Å². The van der Waals surface area contributed by atoms with Crippen LogP contribution in [-0.4, -0.2) is 33.3 Å². The third-order valence-corrected chi connectivity index (χ3v) is 5.40. The van der Waals surface area contributed by atoms with E-state index in [4.69, 9.17) is 4.99 Å². The fourth-order valence-electron chi connectivity index (χ4n) is 3.00. The number of amidine groups is 1. The van der Waals surface area contributed by atoms with E-state index in [1.165, 1.54) is 0 Å². The third-order valence-electron chi connectivity index (χ3n) is 4.44. The number of para-hydroxylation sites is 2. The first-order valence-electron chi connectivity index (χ1n) is 8.83. The molecule has 27 heavy (non-hydrogen) atoms. The molecule has 1 fully saturated rings. The molecule has 2 heterocycles. The lowest BCUT2D eigenvalue weighted by atomic mass is 10.1. The lowest BCUT2D eigenvalue weighted by Gasteiger charge is -2.14. The molecule has 1 amide bonds. The first kappa shape index (κ1) is 17.5. The minimum absolute atomic E-state index is 0.0553. The maximum atomic E-state index is 12.8. The lowest BCUT2D eigenvalue weighted by molar-refractivity contribution is -0.121. The van der Waals surface area contributed by atoms with Gasteiger partial charge in [-0.1, -0.05) is 54.2 Å². The van der Waals surface area contributed by atoms with E-state index in [0.717, 1.165) is 38.6 Å². The van der Waals surface area contributed by atoms with E-state index < -0.39 is 0 Å². The summed E-state index contributed by atoms with van der Waals surface area (Å²) in [6.45, 7) is 2.70. The molecule has 0 saturated carbocycles. The quantitative estimate of drug-likeness (QED) is 0.618. The molecule has 4 rings (SSSR count). The zero-order valence-corrected chi connectivity index (χ0v) is 15.8. The van der Waals surface area contributed by atoms with E-state index >= 15 is 0 Å². The summed E-state index contributed by atoms with van der Waals surface area (Å²) in [6, 6.07) is 17.9. The van der Waals surface area contributed by atoms with Crippen molar-refractivity contribution in [2.24, 2.45) is 4.99 Å². The van der Waals surface area contributed by atoms with Gasteiger partial charge >= 0.3 is 0 Å². The second-order valence-corrected chi connectivity index (χ2v) is 7.34. The Hall–Kier alpha value is -2.92. The predicted molar refractivity (Wildman–Crippen MR) is 113 cm³/mol. The number of rotatable bonds is 3. The van der Waals surface area contributed by atoms with Gasteiger partial charge < -0.3 is 0 Å². The zero-order valence-electron chi connectivity index (χ0n) is 15.0. The van der Waals surface area contributed by atoms with Crippen LogP contribution in [0.4, 0.5) is 5.69 Å². The summed E-state index contributed by atoms with van der Waals surface area (Å²) in [4.78, 5) is 23.6. The Labute approximate surface area is 162 Å². The van der Waals surface area contributed by atoms with E-state index in [9.17, 15) is 4.79 Å². The fourth-order valence-corrected chi connectivity index (χ4v) is 3.96. The van der Waals surface area contributed by atoms with Gasteiger partial charge in [-0.3, -0.25) is 14.7 Å². The number of aliphatic imine (C=N–C) groups is 1. The molecule has 1 aromatic heterocycles. The van der Waals surface area contributed by atoms with E-state index in [1.807, 2.05) is 67.6 Å². The number of benzene rings is 2. The molecule has 0 spiro atoms. The monoisotopic (exact) mass is 373 g/mol. The van der Waals surface area contributed by atoms with Crippen molar-refractivity contribution in [2.45, 2.75) is 6.92 Å². The van der Waals surface area contributed by atoms with Crippen LogP contribution in [0.1, 0.15) is 11.1 Å². The highest BCUT2D eigenvalue weighted by atomic mass is 32.2. The van der Waals surface area contributed by atoms with Gasteiger partial charge in [-0.05, 0) is 30.7 Å². The number of fused-ring (bicyclic) bond motifs is 1. The Kier molecular flexibility index (Phi) is 5.03. The molecule has 1 saturated heterocycles. The maximum Gasteiger partial charge on any atom is 0.252 e. The van der Waals surface area contributed by atoms with Crippen molar-refractivity contribution in [3.63, 3.8) is 0 Å². The van der Waals surface area contributed by atoms with Gasteiger partial charge in [-0.25, -0.2) is 4.99 Å². The Morgan fingerprint density at radius 3 is 2.89 bits per heavy atom. The van der Waals surface area contributed by atoms with Gasteiger partial charge in [0.1, 0.15) is 0 Å². The molecule has 0 atom stereocenters. The predicted octanol–water partition coefficient (Wildman–Crippen LogP) is 4.82. The van der Waals surface area contributed by atoms with Crippen LogP contribution < -0.4 is 0 Å². The Bertz CT molecular complexity index is 1050. The second-order valence-electron chi connectivity index (χ2n) is 6.27. The normalized spacial score (nSPS) is 15.9. The molecule has 5 heteroatoms. The van der Waals surface area contributed by atoms with Crippen LogP contribution in [0.2, 0.25) is 0 Å². The number of hydrogen-bond donors (Lipinski definition) is 0. The van der Waals surface area contributed by atoms with Crippen LogP contribution in [0, 0.1) is 6.92 Å². The minimum atomic E-state index is -0.0553. The number of nitrogens with zero attached hydrogens (tertiary/aromatic N) is 3. The average Bonchev–Trinajstić information content (AvgIpc) is 3.16. The molecular weight excluding hydrogens is 354 g/mol. The van der Waals surface area contributed by atoms with E-state index in [1.54, 1.807) is 28.9 Å². The van der Waals surface area contributed by atoms with Crippen LogP contribution in [0.15, 0.2) is 71.9 Å². The molecule has 3 aromatic rings. The topological polar surface area (TPSA) is 45.6 Å². The number of thioether (sulfide) groups is 1. The van der Waals surface area contributed by atoms with Crippen LogP contribution in [0.5, 0.6) is 0 Å². The van der Waals surface area contributed by atoms with Crippen molar-refractivity contribution in [1.29, 1.82) is 0 Å². The van der Waals surface area contributed by atoms with Crippen molar-refractivity contribution in [3.05, 3.63) is 78.0 Å². The fraction of sp³-hybridized carbons (Fsp3) is 0.136. The first-order chi connectivity index (χ1) is 13.2. The summed E-state index contributed by atoms with van der Waals surface area (Å²) in [7, 11) is 0. The van der Waals surface area contributed by atoms with Gasteiger partial charge in [-0.15, -0.1) is 0 Å². The molecule has 1 aliphatic rings. The second kappa shape index (κ2) is 7.76.